The van der Waals surface area contributed by atoms with Gasteiger partial charge in [-0.05, 0) is 12.1 Å². The van der Waals surface area contributed by atoms with E-state index in [0.717, 1.165) is 11.8 Å². The third-order valence-electron chi connectivity index (χ3n) is 2.47. The summed E-state index contributed by atoms with van der Waals surface area (Å²) in [7, 11) is 0. The molecule has 0 N–H and O–H groups in total. The van der Waals surface area contributed by atoms with Crippen molar-refractivity contribution in [2.24, 2.45) is 0 Å². The maximum absolute atomic E-state index is 11.0. The number of carbonyl (C=O) groups is 1. The SMILES string of the molecule is O=CCc1cc([N+](=O)[O-])c(Sc2ccc([N+](=O)[O-])cc2)s1. The summed E-state index contributed by atoms with van der Waals surface area (Å²) in [5.41, 5.74) is -0.0955. The number of non-ortho nitro benzene ring substituents is 1. The molecule has 21 heavy (non-hydrogen) atoms. The second-order valence-corrected chi connectivity index (χ2v) is 6.35. The van der Waals surface area contributed by atoms with Crippen LogP contribution in [0, 0.1) is 20.2 Å². The number of hydrogen-bond acceptors (Lipinski definition) is 7. The van der Waals surface area contributed by atoms with Crippen LogP contribution >= 0.6 is 23.1 Å². The predicted molar refractivity (Wildman–Crippen MR) is 78.0 cm³/mol. The van der Waals surface area contributed by atoms with Crippen molar-refractivity contribution >= 4 is 40.8 Å². The zero-order valence-electron chi connectivity index (χ0n) is 10.4. The van der Waals surface area contributed by atoms with Gasteiger partial charge in [0.2, 0.25) is 0 Å². The number of benzene rings is 1. The summed E-state index contributed by atoms with van der Waals surface area (Å²) in [5.74, 6) is 0. The van der Waals surface area contributed by atoms with Crippen molar-refractivity contribution in [3.05, 3.63) is 55.4 Å². The molecule has 9 heteroatoms. The first-order valence-corrected chi connectivity index (χ1v) is 7.27. The summed E-state index contributed by atoms with van der Waals surface area (Å²) >= 11 is 2.32. The van der Waals surface area contributed by atoms with E-state index in [1.54, 1.807) is 0 Å². The molecular formula is C12H8N2O5S2. The Morgan fingerprint density at radius 2 is 1.81 bits per heavy atom. The van der Waals surface area contributed by atoms with Gasteiger partial charge in [0.05, 0.1) is 9.85 Å². The van der Waals surface area contributed by atoms with E-state index in [-0.39, 0.29) is 17.8 Å². The first-order chi connectivity index (χ1) is 10.0. The number of nitro benzene ring substituents is 1. The van der Waals surface area contributed by atoms with Crippen LogP contribution in [0.15, 0.2) is 39.4 Å². The molecule has 0 atom stereocenters. The van der Waals surface area contributed by atoms with Gasteiger partial charge in [-0.1, -0.05) is 11.8 Å². The fourth-order valence-corrected chi connectivity index (χ4v) is 3.84. The van der Waals surface area contributed by atoms with E-state index in [1.165, 1.54) is 41.7 Å². The van der Waals surface area contributed by atoms with E-state index in [9.17, 15) is 25.0 Å². The highest BCUT2D eigenvalue weighted by molar-refractivity contribution is 8.01. The quantitative estimate of drug-likeness (QED) is 0.458. The van der Waals surface area contributed by atoms with Crippen LogP contribution in [0.1, 0.15) is 4.88 Å². The topological polar surface area (TPSA) is 103 Å². The molecule has 2 aromatic rings. The molecular weight excluding hydrogens is 316 g/mol. The summed E-state index contributed by atoms with van der Waals surface area (Å²) in [6, 6.07) is 7.13. The zero-order chi connectivity index (χ0) is 15.4. The van der Waals surface area contributed by atoms with Crippen LogP contribution in [0.4, 0.5) is 11.4 Å². The molecule has 0 aliphatic rings. The maximum atomic E-state index is 11.0. The van der Waals surface area contributed by atoms with E-state index in [4.69, 9.17) is 0 Å². The molecule has 0 radical (unpaired) electrons. The van der Waals surface area contributed by atoms with Crippen LogP contribution < -0.4 is 0 Å². The Labute approximate surface area is 126 Å². The number of thiophene rings is 1. The Hall–Kier alpha value is -2.26. The first kappa shape index (κ1) is 15.1. The molecule has 1 aromatic carbocycles. The third kappa shape index (κ3) is 3.64. The minimum atomic E-state index is -0.510. The van der Waals surface area contributed by atoms with Crippen LogP contribution in [0.5, 0.6) is 0 Å². The van der Waals surface area contributed by atoms with Crippen LogP contribution in [-0.4, -0.2) is 16.1 Å². The summed E-state index contributed by atoms with van der Waals surface area (Å²) in [6.45, 7) is 0. The maximum Gasteiger partial charge on any atom is 0.294 e. The van der Waals surface area contributed by atoms with Crippen LogP contribution in [0.25, 0.3) is 0 Å². The molecule has 0 aliphatic heterocycles. The van der Waals surface area contributed by atoms with Crippen molar-refractivity contribution in [2.45, 2.75) is 15.5 Å². The Balaban J connectivity index is 2.27. The van der Waals surface area contributed by atoms with Crippen molar-refractivity contribution in [1.29, 1.82) is 0 Å². The molecule has 0 unspecified atom stereocenters. The normalized spacial score (nSPS) is 10.3. The van der Waals surface area contributed by atoms with Gasteiger partial charge in [-0.25, -0.2) is 0 Å². The second kappa shape index (κ2) is 6.46. The average Bonchev–Trinajstić information content (AvgIpc) is 2.83. The highest BCUT2D eigenvalue weighted by Gasteiger charge is 2.20. The molecule has 0 spiro atoms. The summed E-state index contributed by atoms with van der Waals surface area (Å²) in [5, 5.41) is 21.6. The number of rotatable bonds is 6. The van der Waals surface area contributed by atoms with E-state index in [1.807, 2.05) is 0 Å². The Morgan fingerprint density at radius 1 is 1.14 bits per heavy atom. The van der Waals surface area contributed by atoms with Gasteiger partial charge >= 0.3 is 0 Å². The lowest BCUT2D eigenvalue weighted by atomic mass is 10.3. The molecule has 0 fully saturated rings. The zero-order valence-corrected chi connectivity index (χ0v) is 12.1. The van der Waals surface area contributed by atoms with Crippen molar-refractivity contribution < 1.29 is 14.6 Å². The summed E-state index contributed by atoms with van der Waals surface area (Å²) in [4.78, 5) is 32.3. The molecule has 0 bridgehead atoms. The van der Waals surface area contributed by atoms with E-state index in [2.05, 4.69) is 0 Å². The fourth-order valence-electron chi connectivity index (χ4n) is 1.54. The Kier molecular flexibility index (Phi) is 4.66. The molecule has 1 heterocycles. The average molecular weight is 324 g/mol. The van der Waals surface area contributed by atoms with Crippen molar-refractivity contribution in [1.82, 2.24) is 0 Å². The molecule has 0 saturated heterocycles. The van der Waals surface area contributed by atoms with E-state index < -0.39 is 9.85 Å². The van der Waals surface area contributed by atoms with Gasteiger partial charge in [-0.15, -0.1) is 11.3 Å². The largest absolute Gasteiger partial charge is 0.303 e. The minimum absolute atomic E-state index is 0.0401. The van der Waals surface area contributed by atoms with E-state index in [0.29, 0.717) is 20.3 Å². The van der Waals surface area contributed by atoms with Gasteiger partial charge in [0.1, 0.15) is 10.5 Å². The summed E-state index contributed by atoms with van der Waals surface area (Å²) in [6.07, 6.45) is 0.822. The highest BCUT2D eigenvalue weighted by Crippen LogP contribution is 2.41. The monoisotopic (exact) mass is 324 g/mol. The fraction of sp³-hybridized carbons (Fsp3) is 0.0833. The molecule has 0 amide bonds. The molecule has 0 aliphatic carbocycles. The Bertz CT molecular complexity index is 696. The minimum Gasteiger partial charge on any atom is -0.303 e. The van der Waals surface area contributed by atoms with Gasteiger partial charge in [-0.2, -0.15) is 0 Å². The number of aldehydes is 1. The first-order valence-electron chi connectivity index (χ1n) is 5.64. The van der Waals surface area contributed by atoms with Gasteiger partial charge in [0.15, 0.2) is 0 Å². The second-order valence-electron chi connectivity index (χ2n) is 3.87. The standard InChI is InChI=1S/C12H8N2O5S2/c15-6-5-10-7-11(14(18)19)12(21-10)20-9-3-1-8(2-4-9)13(16)17/h1-4,6-7H,5H2. The van der Waals surface area contributed by atoms with Crippen molar-refractivity contribution in [2.75, 3.05) is 0 Å². The predicted octanol–water partition coefficient (Wildman–Crippen LogP) is 3.46. The highest BCUT2D eigenvalue weighted by atomic mass is 32.2. The van der Waals surface area contributed by atoms with Crippen molar-refractivity contribution in [3.63, 3.8) is 0 Å². The lowest BCUT2D eigenvalue weighted by molar-refractivity contribution is -0.387. The molecule has 7 nitrogen and oxygen atoms in total. The lowest BCUT2D eigenvalue weighted by Gasteiger charge is -1.98. The van der Waals surface area contributed by atoms with E-state index >= 15 is 0 Å². The molecule has 2 rings (SSSR count). The van der Waals surface area contributed by atoms with Gasteiger partial charge < -0.3 is 4.79 Å². The number of carbonyl (C=O) groups excluding carboxylic acids is 1. The van der Waals surface area contributed by atoms with Crippen LogP contribution in [0.2, 0.25) is 0 Å². The number of hydrogen-bond donors (Lipinski definition) is 0. The smallest absolute Gasteiger partial charge is 0.294 e. The number of nitrogens with zero attached hydrogens (tertiary/aromatic N) is 2. The third-order valence-corrected chi connectivity index (χ3v) is 4.81. The number of nitro groups is 2. The van der Waals surface area contributed by atoms with Crippen LogP contribution in [-0.2, 0) is 11.2 Å². The molecule has 1 aromatic heterocycles. The molecule has 0 saturated carbocycles. The van der Waals surface area contributed by atoms with Gasteiger partial charge in [-0.3, -0.25) is 20.2 Å². The van der Waals surface area contributed by atoms with Gasteiger partial charge in [0.25, 0.3) is 11.4 Å². The molecule has 108 valence electrons. The van der Waals surface area contributed by atoms with Crippen LogP contribution in [0.3, 0.4) is 0 Å². The Morgan fingerprint density at radius 3 is 2.33 bits per heavy atom. The van der Waals surface area contributed by atoms with Gasteiger partial charge in [0, 0.05) is 34.4 Å². The lowest BCUT2D eigenvalue weighted by Crippen LogP contribution is -1.87. The van der Waals surface area contributed by atoms with Crippen molar-refractivity contribution in [3.8, 4) is 0 Å². The summed E-state index contributed by atoms with van der Waals surface area (Å²) < 4.78 is 0.450.